The molecule has 2 aromatic carbocycles. The van der Waals surface area contributed by atoms with E-state index in [2.05, 4.69) is 5.32 Å². The van der Waals surface area contributed by atoms with E-state index in [4.69, 9.17) is 4.98 Å². The summed E-state index contributed by atoms with van der Waals surface area (Å²) in [6.07, 6.45) is 3.87. The van der Waals surface area contributed by atoms with Gasteiger partial charge >= 0.3 is 0 Å². The number of rotatable bonds is 3. The highest BCUT2D eigenvalue weighted by atomic mass is 19.1. The zero-order valence-corrected chi connectivity index (χ0v) is 15.0. The minimum Gasteiger partial charge on any atom is -0.321 e. The highest BCUT2D eigenvalue weighted by molar-refractivity contribution is 6.06. The summed E-state index contributed by atoms with van der Waals surface area (Å²) in [4.78, 5) is 17.3. The molecule has 0 atom stereocenters. The molecule has 1 N–H and O–H groups in total. The highest BCUT2D eigenvalue weighted by Crippen LogP contribution is 2.28. The van der Waals surface area contributed by atoms with Gasteiger partial charge in [0, 0.05) is 23.5 Å². The monoisotopic (exact) mass is 359 g/mol. The number of fused-ring (bicyclic) bond motifs is 1. The number of anilines is 1. The third-order valence-corrected chi connectivity index (χ3v) is 4.56. The van der Waals surface area contributed by atoms with Crippen molar-refractivity contribution in [1.82, 2.24) is 9.38 Å². The lowest BCUT2D eigenvalue weighted by atomic mass is 10.1. The van der Waals surface area contributed by atoms with Crippen LogP contribution in [0.4, 0.5) is 10.1 Å². The summed E-state index contributed by atoms with van der Waals surface area (Å²) in [6, 6.07) is 15.9. The van der Waals surface area contributed by atoms with Gasteiger partial charge in [0.25, 0.3) is 5.91 Å². The van der Waals surface area contributed by atoms with Crippen molar-refractivity contribution in [2.45, 2.75) is 13.8 Å². The Balaban J connectivity index is 1.71. The van der Waals surface area contributed by atoms with Crippen LogP contribution in [-0.4, -0.2) is 15.3 Å². The van der Waals surface area contributed by atoms with Crippen LogP contribution in [0.25, 0.3) is 16.9 Å². The molecule has 0 aliphatic carbocycles. The Hall–Kier alpha value is -3.47. The number of benzene rings is 2. The van der Waals surface area contributed by atoms with Crippen molar-refractivity contribution in [3.05, 3.63) is 89.5 Å². The average Bonchev–Trinajstić information content (AvgIpc) is 3.10. The van der Waals surface area contributed by atoms with Gasteiger partial charge in [0.1, 0.15) is 11.5 Å². The molecular weight excluding hydrogens is 341 g/mol. The second kappa shape index (κ2) is 6.68. The standard InChI is InChI=1S/C22H18FN3O/c1-14-9-10-16(12-18(14)23)22(27)25-19-8-4-3-7-17(19)20-13-26-11-5-6-15(2)21(26)24-20/h3-13H,1-2H3,(H,25,27). The van der Waals surface area contributed by atoms with Gasteiger partial charge in [-0.05, 0) is 49.2 Å². The van der Waals surface area contributed by atoms with Crippen molar-refractivity contribution in [2.24, 2.45) is 0 Å². The third-order valence-electron chi connectivity index (χ3n) is 4.56. The van der Waals surface area contributed by atoms with Gasteiger partial charge in [-0.15, -0.1) is 0 Å². The van der Waals surface area contributed by atoms with Crippen molar-refractivity contribution in [3.63, 3.8) is 0 Å². The van der Waals surface area contributed by atoms with Gasteiger partial charge in [-0.1, -0.05) is 30.3 Å². The van der Waals surface area contributed by atoms with E-state index in [0.29, 0.717) is 11.3 Å². The first-order valence-electron chi connectivity index (χ1n) is 8.64. The summed E-state index contributed by atoms with van der Waals surface area (Å²) in [5, 5.41) is 2.88. The lowest BCUT2D eigenvalue weighted by Gasteiger charge is -2.10. The molecule has 5 heteroatoms. The number of nitrogens with one attached hydrogen (secondary N) is 1. The summed E-state index contributed by atoms with van der Waals surface area (Å²) >= 11 is 0. The first-order chi connectivity index (χ1) is 13.0. The van der Waals surface area contributed by atoms with Gasteiger partial charge in [-0.25, -0.2) is 9.37 Å². The Morgan fingerprint density at radius 2 is 1.85 bits per heavy atom. The van der Waals surface area contributed by atoms with Crippen LogP contribution in [0.1, 0.15) is 21.5 Å². The fourth-order valence-corrected chi connectivity index (χ4v) is 3.03. The fraction of sp³-hybridized carbons (Fsp3) is 0.0909. The van der Waals surface area contributed by atoms with Crippen molar-refractivity contribution in [1.29, 1.82) is 0 Å². The fourth-order valence-electron chi connectivity index (χ4n) is 3.03. The van der Waals surface area contributed by atoms with Gasteiger partial charge in [0.05, 0.1) is 11.4 Å². The van der Waals surface area contributed by atoms with Gasteiger partial charge in [-0.3, -0.25) is 4.79 Å². The Morgan fingerprint density at radius 1 is 1.04 bits per heavy atom. The number of halogens is 1. The number of aryl methyl sites for hydroxylation is 2. The summed E-state index contributed by atoms with van der Waals surface area (Å²) in [7, 11) is 0. The Morgan fingerprint density at radius 3 is 2.63 bits per heavy atom. The van der Waals surface area contributed by atoms with E-state index >= 15 is 0 Å². The maximum atomic E-state index is 13.8. The molecule has 0 saturated carbocycles. The van der Waals surface area contributed by atoms with Crippen molar-refractivity contribution in [3.8, 4) is 11.3 Å². The molecule has 0 radical (unpaired) electrons. The third kappa shape index (κ3) is 3.19. The molecule has 2 heterocycles. The van der Waals surface area contributed by atoms with Crippen LogP contribution in [0.2, 0.25) is 0 Å². The number of aromatic nitrogens is 2. The van der Waals surface area contributed by atoms with E-state index < -0.39 is 5.82 Å². The number of para-hydroxylation sites is 1. The van der Waals surface area contributed by atoms with Crippen LogP contribution in [0.3, 0.4) is 0 Å². The predicted molar refractivity (Wildman–Crippen MR) is 104 cm³/mol. The maximum Gasteiger partial charge on any atom is 0.255 e. The lowest BCUT2D eigenvalue weighted by Crippen LogP contribution is -2.13. The number of pyridine rings is 1. The molecule has 1 amide bonds. The van der Waals surface area contributed by atoms with Crippen molar-refractivity contribution in [2.75, 3.05) is 5.32 Å². The molecule has 0 unspecified atom stereocenters. The summed E-state index contributed by atoms with van der Waals surface area (Å²) in [6.45, 7) is 3.67. The van der Waals surface area contributed by atoms with Crippen LogP contribution < -0.4 is 5.32 Å². The largest absolute Gasteiger partial charge is 0.321 e. The van der Waals surface area contributed by atoms with E-state index in [-0.39, 0.29) is 11.5 Å². The maximum absolute atomic E-state index is 13.8. The summed E-state index contributed by atoms with van der Waals surface area (Å²) < 4.78 is 15.7. The first kappa shape index (κ1) is 17.0. The number of carbonyl (C=O) groups excluding carboxylic acids is 1. The Bertz CT molecular complexity index is 1160. The minimum atomic E-state index is -0.397. The molecule has 0 spiro atoms. The van der Waals surface area contributed by atoms with E-state index in [9.17, 15) is 9.18 Å². The zero-order chi connectivity index (χ0) is 19.0. The second-order valence-electron chi connectivity index (χ2n) is 6.51. The molecule has 134 valence electrons. The number of amides is 1. The van der Waals surface area contributed by atoms with E-state index in [1.807, 2.05) is 60.1 Å². The lowest BCUT2D eigenvalue weighted by molar-refractivity contribution is 0.102. The van der Waals surface area contributed by atoms with Gasteiger partial charge in [-0.2, -0.15) is 0 Å². The van der Waals surface area contributed by atoms with E-state index in [0.717, 1.165) is 22.5 Å². The normalized spacial score (nSPS) is 10.9. The Labute approximate surface area is 156 Å². The van der Waals surface area contributed by atoms with Gasteiger partial charge in [0.15, 0.2) is 0 Å². The number of imidazole rings is 1. The minimum absolute atomic E-state index is 0.277. The number of hydrogen-bond acceptors (Lipinski definition) is 2. The molecule has 27 heavy (non-hydrogen) atoms. The highest BCUT2D eigenvalue weighted by Gasteiger charge is 2.14. The summed E-state index contributed by atoms with van der Waals surface area (Å²) in [5.74, 6) is -0.756. The SMILES string of the molecule is Cc1ccc(C(=O)Nc2ccccc2-c2cn3cccc(C)c3n2)cc1F. The molecular formula is C22H18FN3O. The average molecular weight is 359 g/mol. The number of nitrogens with zero attached hydrogens (tertiary/aromatic N) is 2. The van der Waals surface area contributed by atoms with Crippen LogP contribution in [0.15, 0.2) is 67.0 Å². The number of hydrogen-bond donors (Lipinski definition) is 1. The Kier molecular flexibility index (Phi) is 4.20. The number of carbonyl (C=O) groups is 1. The van der Waals surface area contributed by atoms with Crippen molar-refractivity contribution >= 4 is 17.2 Å². The molecule has 0 bridgehead atoms. The zero-order valence-electron chi connectivity index (χ0n) is 15.0. The van der Waals surface area contributed by atoms with Crippen LogP contribution in [0, 0.1) is 19.7 Å². The quantitative estimate of drug-likeness (QED) is 0.559. The van der Waals surface area contributed by atoms with Gasteiger partial charge < -0.3 is 9.72 Å². The molecule has 2 aromatic heterocycles. The van der Waals surface area contributed by atoms with E-state index in [1.54, 1.807) is 19.1 Å². The van der Waals surface area contributed by atoms with Gasteiger partial charge in [0.2, 0.25) is 0 Å². The molecule has 4 rings (SSSR count). The van der Waals surface area contributed by atoms with E-state index in [1.165, 1.54) is 6.07 Å². The first-order valence-corrected chi connectivity index (χ1v) is 8.64. The second-order valence-corrected chi connectivity index (χ2v) is 6.51. The van der Waals surface area contributed by atoms with Crippen molar-refractivity contribution < 1.29 is 9.18 Å². The van der Waals surface area contributed by atoms with Crippen LogP contribution in [0.5, 0.6) is 0 Å². The molecule has 0 fully saturated rings. The smallest absolute Gasteiger partial charge is 0.255 e. The topological polar surface area (TPSA) is 46.4 Å². The molecule has 4 aromatic rings. The molecule has 0 aliphatic rings. The van der Waals surface area contributed by atoms with Crippen LogP contribution in [-0.2, 0) is 0 Å². The molecule has 4 nitrogen and oxygen atoms in total. The van der Waals surface area contributed by atoms with Crippen LogP contribution >= 0.6 is 0 Å². The molecule has 0 saturated heterocycles. The summed E-state index contributed by atoms with van der Waals surface area (Å²) in [5.41, 5.74) is 4.92. The predicted octanol–water partition coefficient (Wildman–Crippen LogP) is 5.01. The molecule has 0 aliphatic heterocycles.